The molecular formula is C20H23N3O5S. The van der Waals surface area contributed by atoms with E-state index in [1.165, 1.54) is 0 Å². The first kappa shape index (κ1) is 19.7. The summed E-state index contributed by atoms with van der Waals surface area (Å²) < 4.78 is 16.4. The number of nitrogens with zero attached hydrogens (tertiary/aromatic N) is 1. The molecule has 2 N–H and O–H groups in total. The Morgan fingerprint density at radius 1 is 1.03 bits per heavy atom. The first-order valence-corrected chi connectivity index (χ1v) is 10.5. The molecule has 0 bridgehead atoms. The van der Waals surface area contributed by atoms with Gasteiger partial charge in [-0.25, -0.2) is 0 Å². The van der Waals surface area contributed by atoms with E-state index in [-0.39, 0.29) is 6.04 Å². The Balaban J connectivity index is 1.35. The molecule has 1 saturated heterocycles. The minimum Gasteiger partial charge on any atom is -0.486 e. The lowest BCUT2D eigenvalue weighted by molar-refractivity contribution is -0.136. The number of amides is 2. The number of carbonyl (C=O) groups is 2. The van der Waals surface area contributed by atoms with Crippen molar-refractivity contribution in [3.63, 3.8) is 0 Å². The van der Waals surface area contributed by atoms with Gasteiger partial charge >= 0.3 is 11.8 Å². The average molecular weight is 417 g/mol. The van der Waals surface area contributed by atoms with Crippen molar-refractivity contribution in [3.05, 3.63) is 40.6 Å². The number of fused-ring (bicyclic) bond motifs is 1. The second kappa shape index (κ2) is 9.25. The third kappa shape index (κ3) is 4.87. The van der Waals surface area contributed by atoms with Gasteiger partial charge in [-0.15, -0.1) is 0 Å². The van der Waals surface area contributed by atoms with Crippen LogP contribution in [0.25, 0.3) is 0 Å². The van der Waals surface area contributed by atoms with E-state index in [1.807, 2.05) is 11.4 Å². The molecule has 154 valence electrons. The number of hydrogen-bond acceptors (Lipinski definition) is 7. The van der Waals surface area contributed by atoms with Crippen molar-refractivity contribution in [1.82, 2.24) is 10.2 Å². The van der Waals surface area contributed by atoms with Crippen molar-refractivity contribution in [3.8, 4) is 11.5 Å². The minimum atomic E-state index is -0.715. The van der Waals surface area contributed by atoms with Crippen LogP contribution in [-0.4, -0.2) is 62.8 Å². The molecule has 29 heavy (non-hydrogen) atoms. The molecule has 2 aliphatic heterocycles. The van der Waals surface area contributed by atoms with Gasteiger partial charge in [-0.1, -0.05) is 0 Å². The van der Waals surface area contributed by atoms with Crippen LogP contribution in [0.1, 0.15) is 11.6 Å². The zero-order chi connectivity index (χ0) is 20.1. The Kier molecular flexibility index (Phi) is 6.28. The van der Waals surface area contributed by atoms with Crippen LogP contribution >= 0.6 is 11.3 Å². The zero-order valence-corrected chi connectivity index (χ0v) is 16.7. The van der Waals surface area contributed by atoms with Crippen LogP contribution in [-0.2, 0) is 14.3 Å². The Bertz CT molecular complexity index is 852. The maximum Gasteiger partial charge on any atom is 0.313 e. The van der Waals surface area contributed by atoms with E-state index >= 15 is 0 Å². The highest BCUT2D eigenvalue weighted by Crippen LogP contribution is 2.32. The fraction of sp³-hybridized carbons (Fsp3) is 0.400. The average Bonchev–Trinajstić information content (AvgIpc) is 3.29. The van der Waals surface area contributed by atoms with Gasteiger partial charge < -0.3 is 24.8 Å². The van der Waals surface area contributed by atoms with E-state index in [0.29, 0.717) is 50.2 Å². The molecule has 0 spiro atoms. The maximum absolute atomic E-state index is 12.4. The van der Waals surface area contributed by atoms with Crippen LogP contribution in [0.3, 0.4) is 0 Å². The number of hydrogen-bond donors (Lipinski definition) is 2. The monoisotopic (exact) mass is 417 g/mol. The Hall–Kier alpha value is -2.62. The molecule has 8 nitrogen and oxygen atoms in total. The number of nitrogens with one attached hydrogen (secondary N) is 2. The molecule has 4 rings (SSSR count). The molecule has 1 atom stereocenters. The van der Waals surface area contributed by atoms with E-state index in [0.717, 1.165) is 18.7 Å². The van der Waals surface area contributed by atoms with Gasteiger partial charge in [-0.05, 0) is 34.5 Å². The summed E-state index contributed by atoms with van der Waals surface area (Å²) in [5, 5.41) is 9.46. The first-order chi connectivity index (χ1) is 14.2. The van der Waals surface area contributed by atoms with Gasteiger partial charge in [-0.3, -0.25) is 14.5 Å². The molecule has 2 amide bonds. The van der Waals surface area contributed by atoms with Crippen LogP contribution < -0.4 is 20.1 Å². The second-order valence-electron chi connectivity index (χ2n) is 6.74. The lowest BCUT2D eigenvalue weighted by Gasteiger charge is -2.34. The van der Waals surface area contributed by atoms with Gasteiger partial charge in [0, 0.05) is 31.4 Å². The van der Waals surface area contributed by atoms with E-state index < -0.39 is 11.8 Å². The molecule has 1 fully saturated rings. The highest BCUT2D eigenvalue weighted by atomic mass is 32.1. The number of rotatable bonds is 5. The molecule has 1 aromatic carbocycles. The molecule has 0 saturated carbocycles. The van der Waals surface area contributed by atoms with Crippen molar-refractivity contribution >= 4 is 28.8 Å². The third-order valence-electron chi connectivity index (χ3n) is 4.88. The van der Waals surface area contributed by atoms with Gasteiger partial charge in [0.25, 0.3) is 0 Å². The molecule has 2 aromatic rings. The standard InChI is InChI=1S/C20H23N3O5S/c24-19(20(25)22-15-1-2-17-18(11-15)28-9-8-27-17)21-12-16(14-3-10-29-13-14)23-4-6-26-7-5-23/h1-3,10-11,13,16H,4-9,12H2,(H,21,24)(H,22,25). The maximum atomic E-state index is 12.4. The molecular weight excluding hydrogens is 394 g/mol. The number of thiophene rings is 1. The van der Waals surface area contributed by atoms with Crippen LogP contribution in [0.15, 0.2) is 35.0 Å². The normalized spacial score (nSPS) is 17.4. The lowest BCUT2D eigenvalue weighted by atomic mass is 10.1. The van der Waals surface area contributed by atoms with Crippen LogP contribution in [0.5, 0.6) is 11.5 Å². The molecule has 0 aliphatic carbocycles. The lowest BCUT2D eigenvalue weighted by Crippen LogP contribution is -2.45. The molecule has 1 aromatic heterocycles. The van der Waals surface area contributed by atoms with Crippen LogP contribution in [0.4, 0.5) is 5.69 Å². The van der Waals surface area contributed by atoms with Crippen LogP contribution in [0, 0.1) is 0 Å². The van der Waals surface area contributed by atoms with Gasteiger partial charge in [0.2, 0.25) is 0 Å². The first-order valence-electron chi connectivity index (χ1n) is 9.53. The van der Waals surface area contributed by atoms with Gasteiger partial charge in [0.1, 0.15) is 13.2 Å². The highest BCUT2D eigenvalue weighted by molar-refractivity contribution is 7.08. The van der Waals surface area contributed by atoms with Crippen molar-refractivity contribution < 1.29 is 23.8 Å². The molecule has 9 heteroatoms. The summed E-state index contributed by atoms with van der Waals surface area (Å²) in [7, 11) is 0. The fourth-order valence-electron chi connectivity index (χ4n) is 3.39. The largest absolute Gasteiger partial charge is 0.486 e. The zero-order valence-electron chi connectivity index (χ0n) is 15.9. The summed E-state index contributed by atoms with van der Waals surface area (Å²) >= 11 is 1.61. The van der Waals surface area contributed by atoms with Gasteiger partial charge in [0.05, 0.1) is 19.3 Å². The summed E-state index contributed by atoms with van der Waals surface area (Å²) in [6.07, 6.45) is 0. The summed E-state index contributed by atoms with van der Waals surface area (Å²) in [6.45, 7) is 4.22. The molecule has 3 heterocycles. The Labute approximate surface area is 172 Å². The summed E-state index contributed by atoms with van der Waals surface area (Å²) in [5.74, 6) is -0.205. The van der Waals surface area contributed by atoms with Gasteiger partial charge in [-0.2, -0.15) is 11.3 Å². The Morgan fingerprint density at radius 2 is 1.83 bits per heavy atom. The molecule has 0 radical (unpaired) electrons. The summed E-state index contributed by atoms with van der Waals surface area (Å²) in [5.41, 5.74) is 1.61. The Morgan fingerprint density at radius 3 is 2.59 bits per heavy atom. The van der Waals surface area contributed by atoms with Crippen molar-refractivity contribution in [1.29, 1.82) is 0 Å². The summed E-state index contributed by atoms with van der Waals surface area (Å²) in [4.78, 5) is 27.0. The number of morpholine rings is 1. The number of benzene rings is 1. The number of ether oxygens (including phenoxy) is 3. The minimum absolute atomic E-state index is 0.0104. The number of anilines is 1. The second-order valence-corrected chi connectivity index (χ2v) is 7.52. The van der Waals surface area contributed by atoms with E-state index in [1.54, 1.807) is 29.5 Å². The topological polar surface area (TPSA) is 89.1 Å². The smallest absolute Gasteiger partial charge is 0.313 e. The van der Waals surface area contributed by atoms with Crippen molar-refractivity contribution in [2.75, 3.05) is 51.4 Å². The third-order valence-corrected chi connectivity index (χ3v) is 5.58. The quantitative estimate of drug-likeness (QED) is 0.719. The molecule has 2 aliphatic rings. The highest BCUT2D eigenvalue weighted by Gasteiger charge is 2.25. The SMILES string of the molecule is O=C(NCC(c1ccsc1)N1CCOCC1)C(=O)Nc1ccc2c(c1)OCCO2. The predicted octanol–water partition coefficient (Wildman–Crippen LogP) is 1.65. The number of carbonyl (C=O) groups excluding carboxylic acids is 2. The predicted molar refractivity (Wildman–Crippen MR) is 109 cm³/mol. The molecule has 1 unspecified atom stereocenters. The van der Waals surface area contributed by atoms with Gasteiger partial charge in [0.15, 0.2) is 11.5 Å². The fourth-order valence-corrected chi connectivity index (χ4v) is 4.10. The van der Waals surface area contributed by atoms with Crippen molar-refractivity contribution in [2.24, 2.45) is 0 Å². The van der Waals surface area contributed by atoms with Crippen molar-refractivity contribution in [2.45, 2.75) is 6.04 Å². The van der Waals surface area contributed by atoms with E-state index in [9.17, 15) is 9.59 Å². The summed E-state index contributed by atoms with van der Waals surface area (Å²) in [6, 6.07) is 7.11. The van der Waals surface area contributed by atoms with Crippen LogP contribution in [0.2, 0.25) is 0 Å². The van der Waals surface area contributed by atoms with E-state index in [2.05, 4.69) is 20.9 Å². The van der Waals surface area contributed by atoms with E-state index in [4.69, 9.17) is 14.2 Å².